The van der Waals surface area contributed by atoms with E-state index in [4.69, 9.17) is 0 Å². The van der Waals surface area contributed by atoms with Crippen molar-refractivity contribution in [1.29, 1.82) is 0 Å². The average molecular weight is 292 g/mol. The molecule has 1 rings (SSSR count). The zero-order valence-electron chi connectivity index (χ0n) is 14.1. The molecule has 0 aromatic heterocycles. The zero-order valence-corrected chi connectivity index (χ0v) is 14.1. The smallest absolute Gasteiger partial charge is 0.0704 e. The third-order valence-corrected chi connectivity index (χ3v) is 3.38. The fourth-order valence-corrected chi connectivity index (χ4v) is 2.01. The highest BCUT2D eigenvalue weighted by molar-refractivity contribution is 5.44. The zero-order chi connectivity index (χ0) is 15.9. The van der Waals surface area contributed by atoms with Crippen LogP contribution in [-0.4, -0.2) is 0 Å². The standard InChI is InChI=1S/C22H28/c1-3-5-7-10-15-21(16-11-8-6-4-2)19-14-20-22-17-12-9-13-18-22/h9,12-13,17-19H,3-8,14,20H2,1-2H3. The molecule has 0 atom stereocenters. The minimum atomic E-state index is 0.975. The Morgan fingerprint density at radius 3 is 2.05 bits per heavy atom. The maximum absolute atomic E-state index is 3.26. The van der Waals surface area contributed by atoms with E-state index >= 15 is 0 Å². The summed E-state index contributed by atoms with van der Waals surface area (Å²) in [6.45, 7) is 4.39. The van der Waals surface area contributed by atoms with Crippen molar-refractivity contribution >= 4 is 0 Å². The first-order valence-corrected chi connectivity index (χ1v) is 8.58. The Balaban J connectivity index is 2.59. The summed E-state index contributed by atoms with van der Waals surface area (Å²) in [5.74, 6) is 13.0. The van der Waals surface area contributed by atoms with Crippen LogP contribution in [0, 0.1) is 23.7 Å². The summed E-state index contributed by atoms with van der Waals surface area (Å²) < 4.78 is 0. The molecule has 0 spiro atoms. The van der Waals surface area contributed by atoms with Gasteiger partial charge in [0.25, 0.3) is 0 Å². The van der Waals surface area contributed by atoms with Crippen LogP contribution in [0.3, 0.4) is 0 Å². The van der Waals surface area contributed by atoms with Crippen LogP contribution in [0.15, 0.2) is 42.0 Å². The third kappa shape index (κ3) is 9.10. The van der Waals surface area contributed by atoms with E-state index in [2.05, 4.69) is 73.9 Å². The molecular weight excluding hydrogens is 264 g/mol. The Morgan fingerprint density at radius 1 is 0.909 bits per heavy atom. The van der Waals surface area contributed by atoms with Gasteiger partial charge in [0, 0.05) is 12.8 Å². The average Bonchev–Trinajstić information content (AvgIpc) is 2.56. The molecular formula is C22H28. The van der Waals surface area contributed by atoms with Gasteiger partial charge in [0.1, 0.15) is 0 Å². The first-order valence-electron chi connectivity index (χ1n) is 8.58. The molecule has 0 saturated carbocycles. The number of aryl methyl sites for hydroxylation is 1. The van der Waals surface area contributed by atoms with Gasteiger partial charge < -0.3 is 0 Å². The first-order chi connectivity index (χ1) is 10.9. The van der Waals surface area contributed by atoms with Crippen molar-refractivity contribution in [3.05, 3.63) is 47.5 Å². The molecule has 0 heterocycles. The number of rotatable bonds is 7. The van der Waals surface area contributed by atoms with Gasteiger partial charge in [0.05, 0.1) is 5.57 Å². The lowest BCUT2D eigenvalue weighted by Crippen LogP contribution is -1.83. The van der Waals surface area contributed by atoms with Gasteiger partial charge in [0.2, 0.25) is 0 Å². The van der Waals surface area contributed by atoms with Crippen LogP contribution >= 0.6 is 0 Å². The molecule has 0 amide bonds. The van der Waals surface area contributed by atoms with E-state index in [1.54, 1.807) is 0 Å². The minimum Gasteiger partial charge on any atom is -0.0972 e. The Bertz CT molecular complexity index is 512. The monoisotopic (exact) mass is 292 g/mol. The van der Waals surface area contributed by atoms with Crippen molar-refractivity contribution in [2.45, 2.75) is 65.2 Å². The maximum Gasteiger partial charge on any atom is 0.0704 e. The summed E-state index contributed by atoms with van der Waals surface area (Å²) >= 11 is 0. The SMILES string of the molecule is CCCCC#CC(C#CCCCC)=CCCc1ccccc1. The maximum atomic E-state index is 3.26. The molecule has 0 aliphatic carbocycles. The Kier molecular flexibility index (Phi) is 10.5. The molecule has 0 aliphatic rings. The van der Waals surface area contributed by atoms with Crippen LogP contribution in [0.25, 0.3) is 0 Å². The van der Waals surface area contributed by atoms with Crippen molar-refractivity contribution in [3.63, 3.8) is 0 Å². The minimum absolute atomic E-state index is 0.975. The quantitative estimate of drug-likeness (QED) is 0.431. The third-order valence-electron chi connectivity index (χ3n) is 3.38. The van der Waals surface area contributed by atoms with Gasteiger partial charge in [-0.3, -0.25) is 0 Å². The van der Waals surface area contributed by atoms with E-state index in [1.807, 2.05) is 0 Å². The summed E-state index contributed by atoms with van der Waals surface area (Å²) in [5.41, 5.74) is 2.37. The number of hydrogen-bond acceptors (Lipinski definition) is 0. The van der Waals surface area contributed by atoms with Gasteiger partial charge in [-0.1, -0.05) is 86.8 Å². The van der Waals surface area contributed by atoms with Gasteiger partial charge in [-0.05, 0) is 31.2 Å². The predicted molar refractivity (Wildman–Crippen MR) is 97.4 cm³/mol. The van der Waals surface area contributed by atoms with Gasteiger partial charge in [-0.2, -0.15) is 0 Å². The fourth-order valence-electron chi connectivity index (χ4n) is 2.01. The molecule has 1 aromatic rings. The van der Waals surface area contributed by atoms with E-state index in [1.165, 1.54) is 31.2 Å². The molecule has 0 heteroatoms. The molecule has 0 bridgehead atoms. The second-order valence-electron chi connectivity index (χ2n) is 5.45. The summed E-state index contributed by atoms with van der Waals surface area (Å²) in [6, 6.07) is 10.6. The van der Waals surface area contributed by atoms with E-state index in [9.17, 15) is 0 Å². The normalized spacial score (nSPS) is 9.18. The van der Waals surface area contributed by atoms with E-state index in [0.29, 0.717) is 0 Å². The molecule has 0 nitrogen and oxygen atoms in total. The second-order valence-corrected chi connectivity index (χ2v) is 5.45. The highest BCUT2D eigenvalue weighted by Crippen LogP contribution is 2.05. The van der Waals surface area contributed by atoms with Crippen LogP contribution in [0.5, 0.6) is 0 Å². The van der Waals surface area contributed by atoms with Gasteiger partial charge in [-0.15, -0.1) is 0 Å². The topological polar surface area (TPSA) is 0 Å². The van der Waals surface area contributed by atoms with Crippen LogP contribution in [0.2, 0.25) is 0 Å². The lowest BCUT2D eigenvalue weighted by molar-refractivity contribution is 0.827. The van der Waals surface area contributed by atoms with Crippen molar-refractivity contribution in [3.8, 4) is 23.7 Å². The summed E-state index contributed by atoms with van der Waals surface area (Å²) in [7, 11) is 0. The van der Waals surface area contributed by atoms with Crippen LogP contribution < -0.4 is 0 Å². The fraction of sp³-hybridized carbons (Fsp3) is 0.455. The second kappa shape index (κ2) is 12.8. The van der Waals surface area contributed by atoms with Gasteiger partial charge in [-0.25, -0.2) is 0 Å². The van der Waals surface area contributed by atoms with Crippen molar-refractivity contribution in [2.24, 2.45) is 0 Å². The van der Waals surface area contributed by atoms with E-state index in [-0.39, 0.29) is 0 Å². The molecule has 0 aliphatic heterocycles. The lowest BCUT2D eigenvalue weighted by Gasteiger charge is -1.97. The van der Waals surface area contributed by atoms with Crippen LogP contribution in [-0.2, 0) is 6.42 Å². The summed E-state index contributed by atoms with van der Waals surface area (Å²) in [6.07, 6.45) is 11.0. The van der Waals surface area contributed by atoms with E-state index in [0.717, 1.165) is 31.3 Å². The van der Waals surface area contributed by atoms with Gasteiger partial charge in [0.15, 0.2) is 0 Å². The van der Waals surface area contributed by atoms with Gasteiger partial charge >= 0.3 is 0 Å². The molecule has 0 unspecified atom stereocenters. The van der Waals surface area contributed by atoms with Crippen molar-refractivity contribution < 1.29 is 0 Å². The van der Waals surface area contributed by atoms with Crippen LogP contribution in [0.4, 0.5) is 0 Å². The highest BCUT2D eigenvalue weighted by atomic mass is 14.0. The molecule has 0 radical (unpaired) electrons. The first kappa shape index (κ1) is 18.1. The van der Waals surface area contributed by atoms with Crippen LogP contribution in [0.1, 0.15) is 64.4 Å². The number of benzene rings is 1. The van der Waals surface area contributed by atoms with Crippen molar-refractivity contribution in [1.82, 2.24) is 0 Å². The van der Waals surface area contributed by atoms with Crippen molar-refractivity contribution in [2.75, 3.05) is 0 Å². The molecule has 0 N–H and O–H groups in total. The molecule has 116 valence electrons. The predicted octanol–water partition coefficient (Wildman–Crippen LogP) is 5.93. The molecule has 0 saturated heterocycles. The Labute approximate surface area is 137 Å². The Hall–Kier alpha value is -1.92. The molecule has 22 heavy (non-hydrogen) atoms. The molecule has 1 aromatic carbocycles. The summed E-state index contributed by atoms with van der Waals surface area (Å²) in [4.78, 5) is 0. The largest absolute Gasteiger partial charge is 0.0972 e. The Morgan fingerprint density at radius 2 is 1.50 bits per heavy atom. The number of hydrogen-bond donors (Lipinski definition) is 0. The van der Waals surface area contributed by atoms with E-state index < -0.39 is 0 Å². The molecule has 0 fully saturated rings. The number of allylic oxidation sites excluding steroid dienone is 2. The number of unbranched alkanes of at least 4 members (excludes halogenated alkanes) is 4. The summed E-state index contributed by atoms with van der Waals surface area (Å²) in [5, 5.41) is 0. The lowest BCUT2D eigenvalue weighted by atomic mass is 10.1. The highest BCUT2D eigenvalue weighted by Gasteiger charge is 1.91.